The van der Waals surface area contributed by atoms with E-state index in [1.165, 1.54) is 12.7 Å². The van der Waals surface area contributed by atoms with Gasteiger partial charge in [0.25, 0.3) is 0 Å². The lowest BCUT2D eigenvalue weighted by molar-refractivity contribution is -0.154. The van der Waals surface area contributed by atoms with Gasteiger partial charge in [-0.2, -0.15) is 10.2 Å². The third kappa shape index (κ3) is 5.68. The monoisotopic (exact) mass is 620 g/mol. The van der Waals surface area contributed by atoms with Crippen molar-refractivity contribution in [3.63, 3.8) is 0 Å². The van der Waals surface area contributed by atoms with Gasteiger partial charge >= 0.3 is 5.97 Å². The fraction of sp³-hybridized carbons (Fsp3) is 0.405. The molecule has 1 atom stereocenters. The van der Waals surface area contributed by atoms with Gasteiger partial charge < -0.3 is 14.7 Å². The summed E-state index contributed by atoms with van der Waals surface area (Å²) < 4.78 is 8.99. The first-order chi connectivity index (χ1) is 22.2. The second-order valence-electron chi connectivity index (χ2n) is 12.8. The smallest absolute Gasteiger partial charge is 0.311 e. The van der Waals surface area contributed by atoms with Crippen LogP contribution in [-0.4, -0.2) is 55.8 Å². The predicted octanol–water partition coefficient (Wildman–Crippen LogP) is 6.93. The highest BCUT2D eigenvalue weighted by molar-refractivity contribution is 5.94. The summed E-state index contributed by atoms with van der Waals surface area (Å²) in [6.07, 6.45) is 3.65. The lowest BCUT2D eigenvalue weighted by atomic mass is 9.76. The van der Waals surface area contributed by atoms with Crippen LogP contribution in [0.2, 0.25) is 0 Å². The minimum atomic E-state index is -0.655. The second kappa shape index (κ2) is 12.7. The predicted molar refractivity (Wildman–Crippen MR) is 181 cm³/mol. The number of esters is 1. The molecule has 46 heavy (non-hydrogen) atoms. The topological polar surface area (TPSA) is 98.3 Å². The number of pyridine rings is 1. The standard InChI is InChI=1S/C37H44N6O3/c1-7-37(36(45)46-6)18-20-41(21-19-37)33-17-16-31(25(4)38-33)43-26(5)34(24(2)3)35(40-43)28-14-11-15-30-29(28)22-42(39-30)23-32(44)27-12-9-8-10-13-27/h8-17,22,24,32,44H,7,18-21,23H2,1-6H3. The van der Waals surface area contributed by atoms with Gasteiger partial charge in [-0.15, -0.1) is 0 Å². The first-order valence-corrected chi connectivity index (χ1v) is 16.3. The number of hydrogen-bond acceptors (Lipinski definition) is 7. The first-order valence-electron chi connectivity index (χ1n) is 16.3. The van der Waals surface area contributed by atoms with Crippen molar-refractivity contribution in [2.75, 3.05) is 25.1 Å². The summed E-state index contributed by atoms with van der Waals surface area (Å²) in [4.78, 5) is 19.8. The van der Waals surface area contributed by atoms with Crippen molar-refractivity contribution < 1.29 is 14.6 Å². The van der Waals surface area contributed by atoms with Gasteiger partial charge in [0.2, 0.25) is 0 Å². The zero-order valence-corrected chi connectivity index (χ0v) is 27.7. The number of ether oxygens (including phenoxy) is 1. The molecule has 1 aliphatic heterocycles. The Kier molecular flexibility index (Phi) is 8.70. The molecule has 0 amide bonds. The van der Waals surface area contributed by atoms with Gasteiger partial charge in [0.1, 0.15) is 5.82 Å². The van der Waals surface area contributed by atoms with E-state index in [0.29, 0.717) is 6.54 Å². The van der Waals surface area contributed by atoms with Crippen LogP contribution in [0.5, 0.6) is 0 Å². The fourth-order valence-electron chi connectivity index (χ4n) is 7.01. The summed E-state index contributed by atoms with van der Waals surface area (Å²) in [5, 5.41) is 21.9. The molecule has 5 aromatic rings. The quantitative estimate of drug-likeness (QED) is 0.179. The Bertz CT molecular complexity index is 1850. The number of aromatic nitrogens is 5. The largest absolute Gasteiger partial charge is 0.469 e. The molecule has 1 aliphatic rings. The number of aryl methyl sites for hydroxylation is 1. The van der Waals surface area contributed by atoms with Crippen molar-refractivity contribution in [1.82, 2.24) is 24.5 Å². The number of anilines is 1. The molecule has 0 spiro atoms. The molecular formula is C37H44N6O3. The van der Waals surface area contributed by atoms with E-state index < -0.39 is 11.5 Å². The third-order valence-corrected chi connectivity index (χ3v) is 9.75. The number of nitrogens with zero attached hydrogens (tertiary/aromatic N) is 6. The number of fused-ring (bicyclic) bond motifs is 1. The van der Waals surface area contributed by atoms with E-state index in [0.717, 1.165) is 83.0 Å². The minimum Gasteiger partial charge on any atom is -0.469 e. The Hall–Kier alpha value is -4.50. The highest BCUT2D eigenvalue weighted by Gasteiger charge is 2.41. The molecule has 0 aliphatic carbocycles. The molecule has 1 fully saturated rings. The molecule has 6 rings (SSSR count). The summed E-state index contributed by atoms with van der Waals surface area (Å²) in [5.74, 6) is 1.05. The second-order valence-corrected chi connectivity index (χ2v) is 12.8. The highest BCUT2D eigenvalue weighted by Crippen LogP contribution is 2.39. The molecule has 1 N–H and O–H groups in total. The summed E-state index contributed by atoms with van der Waals surface area (Å²) in [5.41, 5.74) is 7.37. The Morgan fingerprint density at radius 1 is 1.00 bits per heavy atom. The number of piperidine rings is 1. The maximum absolute atomic E-state index is 12.5. The fourth-order valence-corrected chi connectivity index (χ4v) is 7.01. The molecule has 9 nitrogen and oxygen atoms in total. The molecule has 9 heteroatoms. The summed E-state index contributed by atoms with van der Waals surface area (Å²) >= 11 is 0. The van der Waals surface area contributed by atoms with Crippen LogP contribution in [0.15, 0.2) is 66.9 Å². The lowest BCUT2D eigenvalue weighted by Crippen LogP contribution is -2.45. The summed E-state index contributed by atoms with van der Waals surface area (Å²) in [6, 6.07) is 20.0. The van der Waals surface area contributed by atoms with E-state index in [-0.39, 0.29) is 11.9 Å². The Morgan fingerprint density at radius 2 is 1.74 bits per heavy atom. The van der Waals surface area contributed by atoms with Crippen LogP contribution in [0.25, 0.3) is 27.8 Å². The maximum Gasteiger partial charge on any atom is 0.311 e. The first kappa shape index (κ1) is 31.5. The van der Waals surface area contributed by atoms with Crippen molar-refractivity contribution in [2.24, 2.45) is 5.41 Å². The maximum atomic E-state index is 12.5. The van der Waals surface area contributed by atoms with Gasteiger partial charge in [0, 0.05) is 41.5 Å². The van der Waals surface area contributed by atoms with E-state index in [9.17, 15) is 9.90 Å². The molecule has 4 heterocycles. The van der Waals surface area contributed by atoms with Crippen molar-refractivity contribution in [3.05, 3.63) is 89.4 Å². The van der Waals surface area contributed by atoms with Crippen molar-refractivity contribution in [3.8, 4) is 16.9 Å². The van der Waals surface area contributed by atoms with Crippen molar-refractivity contribution >= 4 is 22.7 Å². The number of aliphatic hydroxyl groups excluding tert-OH is 1. The van der Waals surface area contributed by atoms with Gasteiger partial charge in [-0.1, -0.05) is 63.2 Å². The van der Waals surface area contributed by atoms with Crippen molar-refractivity contribution in [1.29, 1.82) is 0 Å². The van der Waals surface area contributed by atoms with Gasteiger partial charge in [-0.05, 0) is 62.8 Å². The molecule has 0 saturated carbocycles. The number of rotatable bonds is 9. The van der Waals surface area contributed by atoms with Gasteiger partial charge in [-0.3, -0.25) is 9.48 Å². The average Bonchev–Trinajstić information content (AvgIpc) is 3.64. The lowest BCUT2D eigenvalue weighted by Gasteiger charge is -2.39. The molecule has 2 aromatic carbocycles. The SMILES string of the molecule is CCC1(C(=O)OC)CCN(c2ccc(-n3nc(-c4cccc5nn(CC(O)c6ccccc6)cc45)c(C(C)C)c3C)c(C)n2)CC1. The number of methoxy groups -OCH3 is 1. The number of aliphatic hydroxyl groups is 1. The van der Waals surface area contributed by atoms with Crippen LogP contribution >= 0.6 is 0 Å². The average molecular weight is 621 g/mol. The van der Waals surface area contributed by atoms with E-state index in [1.54, 1.807) is 0 Å². The van der Waals surface area contributed by atoms with E-state index in [4.69, 9.17) is 19.9 Å². The molecule has 240 valence electrons. The third-order valence-electron chi connectivity index (χ3n) is 9.75. The van der Waals surface area contributed by atoms with Gasteiger partial charge in [0.05, 0.1) is 47.8 Å². The van der Waals surface area contributed by atoms with E-state index >= 15 is 0 Å². The van der Waals surface area contributed by atoms with E-state index in [2.05, 4.69) is 50.8 Å². The number of hydrogen-bond donors (Lipinski definition) is 1. The summed E-state index contributed by atoms with van der Waals surface area (Å²) in [6.45, 7) is 12.5. The van der Waals surface area contributed by atoms with Crippen LogP contribution in [0.4, 0.5) is 5.82 Å². The number of carbonyl (C=O) groups excluding carboxylic acids is 1. The number of benzene rings is 2. The number of carbonyl (C=O) groups is 1. The summed E-state index contributed by atoms with van der Waals surface area (Å²) in [7, 11) is 1.48. The van der Waals surface area contributed by atoms with Crippen LogP contribution < -0.4 is 4.90 Å². The molecule has 0 radical (unpaired) electrons. The van der Waals surface area contributed by atoms with Crippen molar-refractivity contribution in [2.45, 2.75) is 72.4 Å². The zero-order chi connectivity index (χ0) is 32.6. The highest BCUT2D eigenvalue weighted by atomic mass is 16.5. The Morgan fingerprint density at radius 3 is 2.39 bits per heavy atom. The van der Waals surface area contributed by atoms with Crippen LogP contribution in [0.3, 0.4) is 0 Å². The molecule has 0 bridgehead atoms. The van der Waals surface area contributed by atoms with Gasteiger partial charge in [-0.25, -0.2) is 9.67 Å². The Labute approximate surface area is 270 Å². The molecule has 1 unspecified atom stereocenters. The minimum absolute atomic E-state index is 0.104. The van der Waals surface area contributed by atoms with Crippen LogP contribution in [0, 0.1) is 19.3 Å². The normalized spacial score (nSPS) is 15.4. The van der Waals surface area contributed by atoms with E-state index in [1.807, 2.05) is 64.9 Å². The Balaban J connectivity index is 1.31. The molecule has 3 aromatic heterocycles. The van der Waals surface area contributed by atoms with Gasteiger partial charge in [0.15, 0.2) is 0 Å². The molecule has 1 saturated heterocycles. The van der Waals surface area contributed by atoms with Crippen LogP contribution in [-0.2, 0) is 16.1 Å². The van der Waals surface area contributed by atoms with Crippen LogP contribution in [0.1, 0.15) is 74.6 Å². The zero-order valence-electron chi connectivity index (χ0n) is 27.7. The molecular weight excluding hydrogens is 576 g/mol.